The summed E-state index contributed by atoms with van der Waals surface area (Å²) in [6, 6.07) is 1.61. The van der Waals surface area contributed by atoms with Crippen molar-refractivity contribution in [3.63, 3.8) is 0 Å². The number of ether oxygens (including phenoxy) is 1. The summed E-state index contributed by atoms with van der Waals surface area (Å²) in [7, 11) is 1.41. The maximum atomic E-state index is 11.2. The Morgan fingerprint density at radius 2 is 2.22 bits per heavy atom. The average molecular weight is 253 g/mol. The minimum absolute atomic E-state index is 0.269. The van der Waals surface area contributed by atoms with Crippen LogP contribution in [0.4, 0.5) is 21.1 Å². The molecule has 0 aliphatic heterocycles. The number of pyridine rings is 1. The van der Waals surface area contributed by atoms with Crippen molar-refractivity contribution < 1.29 is 19.4 Å². The quantitative estimate of drug-likeness (QED) is 0.860. The van der Waals surface area contributed by atoms with Gasteiger partial charge in [0.15, 0.2) is 0 Å². The second kappa shape index (κ2) is 5.85. The van der Waals surface area contributed by atoms with E-state index in [1.807, 2.05) is 0 Å². The first-order valence-corrected chi connectivity index (χ1v) is 5.32. The lowest BCUT2D eigenvalue weighted by Gasteiger charge is -2.14. The number of hydrogen-bond donors (Lipinski definition) is 2. The highest BCUT2D eigenvalue weighted by atomic mass is 16.5. The molecule has 2 N–H and O–H groups in total. The van der Waals surface area contributed by atoms with Crippen LogP contribution in [-0.2, 0) is 4.74 Å². The van der Waals surface area contributed by atoms with Crippen LogP contribution < -0.4 is 10.2 Å². The summed E-state index contributed by atoms with van der Waals surface area (Å²) in [4.78, 5) is 27.0. The number of rotatable bonds is 3. The SMILES string of the molecule is CCOC(=O)Nc1ncc(N(C)C(=O)O)cc1C. The molecule has 0 unspecified atom stereocenters. The number of hydrogen-bond acceptors (Lipinski definition) is 4. The van der Waals surface area contributed by atoms with Crippen LogP contribution in [0.5, 0.6) is 0 Å². The number of nitrogens with one attached hydrogen (secondary N) is 1. The van der Waals surface area contributed by atoms with Gasteiger partial charge >= 0.3 is 12.2 Å². The fourth-order valence-corrected chi connectivity index (χ4v) is 1.25. The van der Waals surface area contributed by atoms with Crippen LogP contribution in [0.2, 0.25) is 0 Å². The van der Waals surface area contributed by atoms with Gasteiger partial charge in [-0.25, -0.2) is 14.6 Å². The predicted octanol–water partition coefficient (Wildman–Crippen LogP) is 2.07. The lowest BCUT2D eigenvalue weighted by atomic mass is 10.2. The number of carbonyl (C=O) groups excluding carboxylic acids is 1. The maximum absolute atomic E-state index is 11.2. The molecule has 0 aromatic carbocycles. The Hall–Kier alpha value is -2.31. The number of amides is 2. The first-order chi connectivity index (χ1) is 8.45. The van der Waals surface area contributed by atoms with E-state index in [-0.39, 0.29) is 6.61 Å². The molecule has 18 heavy (non-hydrogen) atoms. The Kier molecular flexibility index (Phi) is 4.47. The zero-order valence-electron chi connectivity index (χ0n) is 10.4. The summed E-state index contributed by atoms with van der Waals surface area (Å²) in [6.07, 6.45) is -0.308. The normalized spacial score (nSPS) is 9.72. The van der Waals surface area contributed by atoms with E-state index in [0.29, 0.717) is 17.1 Å². The summed E-state index contributed by atoms with van der Waals surface area (Å²) in [5, 5.41) is 11.3. The second-order valence-corrected chi connectivity index (χ2v) is 3.55. The monoisotopic (exact) mass is 253 g/mol. The van der Waals surface area contributed by atoms with Gasteiger partial charge in [0.2, 0.25) is 0 Å². The highest BCUT2D eigenvalue weighted by Gasteiger charge is 2.12. The van der Waals surface area contributed by atoms with E-state index in [2.05, 4.69) is 10.3 Å². The van der Waals surface area contributed by atoms with Crippen molar-refractivity contribution in [3.05, 3.63) is 17.8 Å². The Bertz CT molecular complexity index is 462. The summed E-state index contributed by atoms with van der Waals surface area (Å²) < 4.78 is 4.72. The summed E-state index contributed by atoms with van der Waals surface area (Å²) in [5.41, 5.74) is 1.07. The average Bonchev–Trinajstić information content (AvgIpc) is 2.31. The molecule has 1 aromatic heterocycles. The first-order valence-electron chi connectivity index (χ1n) is 5.32. The molecule has 2 amide bonds. The van der Waals surface area contributed by atoms with E-state index < -0.39 is 12.2 Å². The molecular formula is C11H15N3O4. The molecule has 0 atom stereocenters. The molecule has 0 saturated carbocycles. The molecule has 0 aliphatic rings. The largest absolute Gasteiger partial charge is 0.465 e. The minimum Gasteiger partial charge on any atom is -0.465 e. The van der Waals surface area contributed by atoms with Gasteiger partial charge in [-0.15, -0.1) is 0 Å². The molecule has 7 nitrogen and oxygen atoms in total. The van der Waals surface area contributed by atoms with Crippen LogP contribution in [0.25, 0.3) is 0 Å². The number of carboxylic acid groups (broad SMARTS) is 1. The van der Waals surface area contributed by atoms with Crippen LogP contribution in [0.15, 0.2) is 12.3 Å². The van der Waals surface area contributed by atoms with Gasteiger partial charge in [0.05, 0.1) is 18.5 Å². The lowest BCUT2D eigenvalue weighted by molar-refractivity contribution is 0.167. The standard InChI is InChI=1S/C11H15N3O4/c1-4-18-10(15)13-9-7(2)5-8(6-12-9)14(3)11(16)17/h5-6H,4H2,1-3H3,(H,16,17)(H,12,13,15). The van der Waals surface area contributed by atoms with E-state index >= 15 is 0 Å². The van der Waals surface area contributed by atoms with Crippen LogP contribution >= 0.6 is 0 Å². The summed E-state index contributed by atoms with van der Waals surface area (Å²) in [5.74, 6) is 0.344. The van der Waals surface area contributed by atoms with Gasteiger partial charge in [0.25, 0.3) is 0 Å². The van der Waals surface area contributed by atoms with Gasteiger partial charge < -0.3 is 9.84 Å². The van der Waals surface area contributed by atoms with Crippen molar-refractivity contribution in [3.8, 4) is 0 Å². The second-order valence-electron chi connectivity index (χ2n) is 3.55. The molecule has 1 heterocycles. The molecule has 0 aliphatic carbocycles. The van der Waals surface area contributed by atoms with Gasteiger partial charge in [0, 0.05) is 7.05 Å². The van der Waals surface area contributed by atoms with Crippen molar-refractivity contribution >= 4 is 23.7 Å². The van der Waals surface area contributed by atoms with Gasteiger partial charge in [0.1, 0.15) is 5.82 Å². The third-order valence-electron chi connectivity index (χ3n) is 2.23. The van der Waals surface area contributed by atoms with E-state index in [0.717, 1.165) is 4.90 Å². The van der Waals surface area contributed by atoms with Crippen LogP contribution in [0.3, 0.4) is 0 Å². The van der Waals surface area contributed by atoms with Crippen LogP contribution in [0.1, 0.15) is 12.5 Å². The topological polar surface area (TPSA) is 91.8 Å². The lowest BCUT2D eigenvalue weighted by Crippen LogP contribution is -2.24. The van der Waals surface area contributed by atoms with E-state index in [4.69, 9.17) is 9.84 Å². The van der Waals surface area contributed by atoms with Gasteiger partial charge in [-0.05, 0) is 25.5 Å². The highest BCUT2D eigenvalue weighted by Crippen LogP contribution is 2.19. The summed E-state index contributed by atoms with van der Waals surface area (Å²) in [6.45, 7) is 3.68. The Labute approximate surface area is 104 Å². The van der Waals surface area contributed by atoms with Crippen molar-refractivity contribution in [1.82, 2.24) is 4.98 Å². The molecule has 0 spiro atoms. The third kappa shape index (κ3) is 3.34. The van der Waals surface area contributed by atoms with Crippen LogP contribution in [-0.4, -0.2) is 35.9 Å². The Morgan fingerprint density at radius 1 is 1.56 bits per heavy atom. The van der Waals surface area contributed by atoms with Crippen molar-refractivity contribution in [1.29, 1.82) is 0 Å². The molecule has 1 rings (SSSR count). The predicted molar refractivity (Wildman–Crippen MR) is 66.0 cm³/mol. The minimum atomic E-state index is -1.08. The molecule has 0 bridgehead atoms. The van der Waals surface area contributed by atoms with Crippen LogP contribution in [0, 0.1) is 6.92 Å². The molecule has 98 valence electrons. The number of nitrogens with zero attached hydrogens (tertiary/aromatic N) is 2. The van der Waals surface area contributed by atoms with Gasteiger partial charge in [-0.2, -0.15) is 0 Å². The Balaban J connectivity index is 2.86. The number of carbonyl (C=O) groups is 2. The summed E-state index contributed by atoms with van der Waals surface area (Å²) >= 11 is 0. The smallest absolute Gasteiger partial charge is 0.412 e. The van der Waals surface area contributed by atoms with E-state index in [1.54, 1.807) is 19.9 Å². The van der Waals surface area contributed by atoms with Crippen molar-refractivity contribution in [2.75, 3.05) is 23.9 Å². The fraction of sp³-hybridized carbons (Fsp3) is 0.364. The number of aryl methyl sites for hydroxylation is 1. The molecule has 0 radical (unpaired) electrons. The fourth-order valence-electron chi connectivity index (χ4n) is 1.25. The molecule has 1 aromatic rings. The zero-order valence-corrected chi connectivity index (χ0v) is 10.4. The zero-order chi connectivity index (χ0) is 13.7. The number of anilines is 2. The third-order valence-corrected chi connectivity index (χ3v) is 2.23. The van der Waals surface area contributed by atoms with Crippen molar-refractivity contribution in [2.24, 2.45) is 0 Å². The molecule has 7 heteroatoms. The van der Waals surface area contributed by atoms with Gasteiger partial charge in [-0.3, -0.25) is 10.2 Å². The van der Waals surface area contributed by atoms with E-state index in [1.165, 1.54) is 13.2 Å². The van der Waals surface area contributed by atoms with Gasteiger partial charge in [-0.1, -0.05) is 0 Å². The van der Waals surface area contributed by atoms with E-state index in [9.17, 15) is 9.59 Å². The molecular weight excluding hydrogens is 238 g/mol. The molecule has 0 saturated heterocycles. The first kappa shape index (κ1) is 13.8. The highest BCUT2D eigenvalue weighted by molar-refractivity contribution is 5.87. The Morgan fingerprint density at radius 3 is 2.72 bits per heavy atom. The number of aromatic nitrogens is 1. The maximum Gasteiger partial charge on any atom is 0.412 e. The molecule has 0 fully saturated rings. The van der Waals surface area contributed by atoms with Crippen molar-refractivity contribution in [2.45, 2.75) is 13.8 Å².